The summed E-state index contributed by atoms with van der Waals surface area (Å²) in [6.07, 6.45) is 0. The lowest BCUT2D eigenvalue weighted by molar-refractivity contribution is 0.0937. The summed E-state index contributed by atoms with van der Waals surface area (Å²) in [6, 6.07) is 18.1. The normalized spacial score (nSPS) is 10.2. The fourth-order valence-corrected chi connectivity index (χ4v) is 2.22. The Balaban J connectivity index is 0.00000220. The first-order valence-electron chi connectivity index (χ1n) is 7.15. The Kier molecular flexibility index (Phi) is 7.13. The number of rotatable bonds is 6. The van der Waals surface area contributed by atoms with Crippen LogP contribution in [0.3, 0.4) is 0 Å². The number of hydrogen-bond acceptors (Lipinski definition) is 2. The highest BCUT2D eigenvalue weighted by atomic mass is 35.5. The van der Waals surface area contributed by atoms with Crippen molar-refractivity contribution in [3.8, 4) is 11.1 Å². The lowest BCUT2D eigenvalue weighted by Gasteiger charge is -2.16. The molecule has 3 heteroatoms. The molecule has 0 unspecified atom stereocenters. The number of nitrogens with zero attached hydrogens (tertiary/aromatic N) is 1. The summed E-state index contributed by atoms with van der Waals surface area (Å²) in [6.45, 7) is 6.47. The smallest absolute Gasteiger partial charge is 0.176 e. The van der Waals surface area contributed by atoms with Crippen LogP contribution in [-0.4, -0.2) is 30.3 Å². The van der Waals surface area contributed by atoms with E-state index in [9.17, 15) is 4.79 Å². The molecule has 0 aromatic heterocycles. The molecule has 21 heavy (non-hydrogen) atoms. The Morgan fingerprint density at radius 3 is 1.90 bits per heavy atom. The summed E-state index contributed by atoms with van der Waals surface area (Å²) in [4.78, 5) is 14.3. The molecule has 2 nitrogen and oxygen atoms in total. The molecule has 0 fully saturated rings. The van der Waals surface area contributed by atoms with Crippen LogP contribution in [0.5, 0.6) is 0 Å². The third kappa shape index (κ3) is 4.69. The Hall–Kier alpha value is -1.64. The van der Waals surface area contributed by atoms with E-state index in [0.29, 0.717) is 6.54 Å². The van der Waals surface area contributed by atoms with Crippen molar-refractivity contribution in [2.75, 3.05) is 19.6 Å². The number of Topliss-reactive ketones (excluding diaryl/α,β-unsaturated/α-hetero) is 1. The van der Waals surface area contributed by atoms with Crippen LogP contribution in [0, 0.1) is 0 Å². The highest BCUT2D eigenvalue weighted by molar-refractivity contribution is 5.98. The van der Waals surface area contributed by atoms with Crippen LogP contribution in [0.1, 0.15) is 24.2 Å². The molecule has 2 rings (SSSR count). The van der Waals surface area contributed by atoms with Gasteiger partial charge in [-0.25, -0.2) is 0 Å². The maximum Gasteiger partial charge on any atom is 0.176 e. The van der Waals surface area contributed by atoms with Crippen molar-refractivity contribution < 1.29 is 4.79 Å². The molecule has 0 aliphatic rings. The van der Waals surface area contributed by atoms with Gasteiger partial charge in [0.15, 0.2) is 5.78 Å². The fraction of sp³-hybridized carbons (Fsp3) is 0.278. The van der Waals surface area contributed by atoms with Crippen molar-refractivity contribution >= 4 is 18.2 Å². The van der Waals surface area contributed by atoms with Crippen molar-refractivity contribution in [2.24, 2.45) is 0 Å². The fourth-order valence-electron chi connectivity index (χ4n) is 2.22. The maximum atomic E-state index is 12.2. The average molecular weight is 304 g/mol. The molecule has 0 spiro atoms. The van der Waals surface area contributed by atoms with Gasteiger partial charge in [-0.2, -0.15) is 0 Å². The molecule has 0 bridgehead atoms. The zero-order chi connectivity index (χ0) is 14.4. The zero-order valence-electron chi connectivity index (χ0n) is 12.6. The molecule has 2 aromatic rings. The SMILES string of the molecule is CCN(CC)CC(=O)c1ccc(-c2ccccc2)cc1.Cl. The van der Waals surface area contributed by atoms with Crippen molar-refractivity contribution in [1.82, 2.24) is 4.90 Å². The topological polar surface area (TPSA) is 20.3 Å². The predicted molar refractivity (Wildman–Crippen MR) is 91.2 cm³/mol. The molecular formula is C18H22ClNO. The Labute approximate surface area is 133 Å². The van der Waals surface area contributed by atoms with Gasteiger partial charge >= 0.3 is 0 Å². The summed E-state index contributed by atoms with van der Waals surface area (Å²) in [5, 5.41) is 0. The standard InChI is InChI=1S/C18H21NO.ClH/c1-3-19(4-2)14-18(20)17-12-10-16(11-13-17)15-8-6-5-7-9-15;/h5-13H,3-4,14H2,1-2H3;1H. The summed E-state index contributed by atoms with van der Waals surface area (Å²) in [7, 11) is 0. The maximum absolute atomic E-state index is 12.2. The van der Waals surface area contributed by atoms with Crippen LogP contribution < -0.4 is 0 Å². The first-order chi connectivity index (χ1) is 9.74. The van der Waals surface area contributed by atoms with E-state index < -0.39 is 0 Å². The molecule has 0 aliphatic heterocycles. The third-order valence-corrected chi connectivity index (χ3v) is 3.58. The van der Waals surface area contributed by atoms with Crippen LogP contribution in [0.25, 0.3) is 11.1 Å². The second kappa shape index (κ2) is 8.60. The Morgan fingerprint density at radius 1 is 0.857 bits per heavy atom. The van der Waals surface area contributed by atoms with Crippen molar-refractivity contribution in [3.05, 3.63) is 60.2 Å². The second-order valence-corrected chi connectivity index (χ2v) is 4.83. The van der Waals surface area contributed by atoms with Gasteiger partial charge < -0.3 is 0 Å². The molecule has 112 valence electrons. The molecule has 2 aromatic carbocycles. The minimum atomic E-state index is 0. The van der Waals surface area contributed by atoms with E-state index in [-0.39, 0.29) is 18.2 Å². The lowest BCUT2D eigenvalue weighted by atomic mass is 10.0. The van der Waals surface area contributed by atoms with E-state index in [1.165, 1.54) is 5.56 Å². The molecule has 0 heterocycles. The Morgan fingerprint density at radius 2 is 1.38 bits per heavy atom. The summed E-state index contributed by atoms with van der Waals surface area (Å²) < 4.78 is 0. The van der Waals surface area contributed by atoms with Gasteiger partial charge in [-0.3, -0.25) is 9.69 Å². The minimum Gasteiger partial charge on any atom is -0.296 e. The van der Waals surface area contributed by atoms with Crippen molar-refractivity contribution in [2.45, 2.75) is 13.8 Å². The van der Waals surface area contributed by atoms with Gasteiger partial charge in [0.2, 0.25) is 0 Å². The number of hydrogen-bond donors (Lipinski definition) is 0. The van der Waals surface area contributed by atoms with Gasteiger partial charge in [0.05, 0.1) is 6.54 Å². The number of carbonyl (C=O) groups excluding carboxylic acids is 1. The first kappa shape index (κ1) is 17.4. The van der Waals surface area contributed by atoms with Crippen LogP contribution in [0.4, 0.5) is 0 Å². The highest BCUT2D eigenvalue weighted by Crippen LogP contribution is 2.19. The van der Waals surface area contributed by atoms with Gasteiger partial charge in [-0.15, -0.1) is 12.4 Å². The van der Waals surface area contributed by atoms with Gasteiger partial charge in [-0.05, 0) is 24.2 Å². The molecule has 0 atom stereocenters. The van der Waals surface area contributed by atoms with Crippen molar-refractivity contribution in [3.63, 3.8) is 0 Å². The second-order valence-electron chi connectivity index (χ2n) is 4.83. The van der Waals surface area contributed by atoms with Gasteiger partial charge in [-0.1, -0.05) is 68.4 Å². The molecule has 0 radical (unpaired) electrons. The van der Waals surface area contributed by atoms with E-state index in [1.54, 1.807) is 0 Å². The van der Waals surface area contributed by atoms with Crippen LogP contribution >= 0.6 is 12.4 Å². The monoisotopic (exact) mass is 303 g/mol. The highest BCUT2D eigenvalue weighted by Gasteiger charge is 2.09. The van der Waals surface area contributed by atoms with E-state index >= 15 is 0 Å². The number of carbonyl (C=O) groups is 1. The molecule has 0 saturated heterocycles. The van der Waals surface area contributed by atoms with E-state index in [1.807, 2.05) is 42.5 Å². The largest absolute Gasteiger partial charge is 0.296 e. The number of ketones is 1. The van der Waals surface area contributed by atoms with E-state index in [2.05, 4.69) is 30.9 Å². The molecule has 0 N–H and O–H groups in total. The number of halogens is 1. The molecule has 0 aliphatic carbocycles. The van der Waals surface area contributed by atoms with Crippen LogP contribution in [0.15, 0.2) is 54.6 Å². The average Bonchev–Trinajstić information content (AvgIpc) is 2.53. The van der Waals surface area contributed by atoms with Crippen LogP contribution in [0.2, 0.25) is 0 Å². The summed E-state index contributed by atoms with van der Waals surface area (Å²) in [5.74, 6) is 0.188. The molecular weight excluding hydrogens is 282 g/mol. The van der Waals surface area contributed by atoms with Crippen molar-refractivity contribution in [1.29, 1.82) is 0 Å². The quantitative estimate of drug-likeness (QED) is 0.742. The Bertz CT molecular complexity index is 547. The van der Waals surface area contributed by atoms with Crippen LogP contribution in [-0.2, 0) is 0 Å². The summed E-state index contributed by atoms with van der Waals surface area (Å²) in [5.41, 5.74) is 3.11. The zero-order valence-corrected chi connectivity index (χ0v) is 13.4. The van der Waals surface area contributed by atoms with Gasteiger partial charge in [0, 0.05) is 5.56 Å². The van der Waals surface area contributed by atoms with Gasteiger partial charge in [0.1, 0.15) is 0 Å². The predicted octanol–water partition coefficient (Wildman–Crippen LogP) is 4.30. The number of benzene rings is 2. The minimum absolute atomic E-state index is 0. The van der Waals surface area contributed by atoms with Gasteiger partial charge in [0.25, 0.3) is 0 Å². The lowest BCUT2D eigenvalue weighted by Crippen LogP contribution is -2.29. The van der Waals surface area contributed by atoms with E-state index in [0.717, 1.165) is 24.2 Å². The molecule has 0 amide bonds. The first-order valence-corrected chi connectivity index (χ1v) is 7.15. The number of likely N-dealkylation sites (N-methyl/N-ethyl adjacent to an activating group) is 1. The van der Waals surface area contributed by atoms with E-state index in [4.69, 9.17) is 0 Å². The molecule has 0 saturated carbocycles. The summed E-state index contributed by atoms with van der Waals surface area (Å²) >= 11 is 0. The third-order valence-electron chi connectivity index (χ3n) is 3.58.